The molecule has 0 fully saturated rings. The molecule has 3 nitrogen and oxygen atoms in total. The number of nitrogens with one attached hydrogen (secondary N) is 1. The molecule has 0 unspecified atom stereocenters. The van der Waals surface area contributed by atoms with Crippen LogP contribution in [0, 0.1) is 13.8 Å². The highest BCUT2D eigenvalue weighted by atomic mass is 19.3. The first kappa shape index (κ1) is 19.2. The molecule has 0 amide bonds. The standard InChI is InChI=1S/C20H25F2NO2/c1-5-18(16-6-8-17(24-4)9-7-16)23-12-15-10-13(2)19(14(3)11-15)25-20(21)22/h6-11,18,20,23H,5,12H2,1-4H3/t18-/m0/s1. The van der Waals surface area contributed by atoms with Crippen molar-refractivity contribution in [3.63, 3.8) is 0 Å². The molecular formula is C20H25F2NO2. The first-order chi connectivity index (χ1) is 11.9. The van der Waals surface area contributed by atoms with Crippen molar-refractivity contribution < 1.29 is 18.3 Å². The van der Waals surface area contributed by atoms with Gasteiger partial charge in [0.2, 0.25) is 0 Å². The minimum absolute atomic E-state index is 0.212. The summed E-state index contributed by atoms with van der Waals surface area (Å²) in [4.78, 5) is 0. The van der Waals surface area contributed by atoms with Gasteiger partial charge in [-0.25, -0.2) is 0 Å². The maximum atomic E-state index is 12.5. The van der Waals surface area contributed by atoms with Gasteiger partial charge in [-0.2, -0.15) is 8.78 Å². The second-order valence-electron chi connectivity index (χ2n) is 6.05. The summed E-state index contributed by atoms with van der Waals surface area (Å²) in [7, 11) is 1.65. The third-order valence-electron chi connectivity index (χ3n) is 4.21. The van der Waals surface area contributed by atoms with Gasteiger partial charge >= 0.3 is 6.61 Å². The van der Waals surface area contributed by atoms with E-state index >= 15 is 0 Å². The summed E-state index contributed by atoms with van der Waals surface area (Å²) in [6, 6.07) is 12.0. The predicted molar refractivity (Wildman–Crippen MR) is 95.4 cm³/mol. The highest BCUT2D eigenvalue weighted by Gasteiger charge is 2.13. The molecule has 136 valence electrons. The minimum Gasteiger partial charge on any atom is -0.497 e. The van der Waals surface area contributed by atoms with Crippen molar-refractivity contribution in [1.29, 1.82) is 0 Å². The average molecular weight is 349 g/mol. The van der Waals surface area contributed by atoms with Gasteiger partial charge in [-0.3, -0.25) is 0 Å². The van der Waals surface area contributed by atoms with Gasteiger partial charge in [-0.1, -0.05) is 31.2 Å². The quantitative estimate of drug-likeness (QED) is 0.714. The molecule has 2 aromatic rings. The van der Waals surface area contributed by atoms with Gasteiger partial charge in [0.05, 0.1) is 7.11 Å². The van der Waals surface area contributed by atoms with Crippen molar-refractivity contribution in [3.8, 4) is 11.5 Å². The van der Waals surface area contributed by atoms with Crippen LogP contribution in [0.2, 0.25) is 0 Å². The Morgan fingerprint density at radius 3 is 2.12 bits per heavy atom. The molecular weight excluding hydrogens is 324 g/mol. The zero-order valence-corrected chi connectivity index (χ0v) is 15.1. The van der Waals surface area contributed by atoms with E-state index in [1.807, 2.05) is 24.3 Å². The van der Waals surface area contributed by atoms with Crippen LogP contribution in [0.4, 0.5) is 8.78 Å². The highest BCUT2D eigenvalue weighted by molar-refractivity contribution is 5.43. The number of benzene rings is 2. The Morgan fingerprint density at radius 1 is 1.04 bits per heavy atom. The van der Waals surface area contributed by atoms with Crippen molar-refractivity contribution in [1.82, 2.24) is 5.32 Å². The molecule has 0 aliphatic rings. The molecule has 0 spiro atoms. The Balaban J connectivity index is 2.08. The van der Waals surface area contributed by atoms with Crippen LogP contribution < -0.4 is 14.8 Å². The van der Waals surface area contributed by atoms with Crippen LogP contribution in [0.3, 0.4) is 0 Å². The van der Waals surface area contributed by atoms with E-state index in [-0.39, 0.29) is 11.8 Å². The third-order valence-corrected chi connectivity index (χ3v) is 4.21. The Bertz CT molecular complexity index is 664. The van der Waals surface area contributed by atoms with E-state index in [2.05, 4.69) is 29.1 Å². The summed E-state index contributed by atoms with van der Waals surface area (Å²) >= 11 is 0. The number of methoxy groups -OCH3 is 1. The monoisotopic (exact) mass is 349 g/mol. The number of rotatable bonds is 8. The zero-order valence-electron chi connectivity index (χ0n) is 15.1. The van der Waals surface area contributed by atoms with E-state index in [1.54, 1.807) is 21.0 Å². The summed E-state index contributed by atoms with van der Waals surface area (Å²) in [6.07, 6.45) is 0.941. The molecule has 5 heteroatoms. The molecule has 2 rings (SSSR count). The van der Waals surface area contributed by atoms with Crippen molar-refractivity contribution in [2.45, 2.75) is 46.4 Å². The van der Waals surface area contributed by atoms with Crippen molar-refractivity contribution in [2.75, 3.05) is 7.11 Å². The fourth-order valence-corrected chi connectivity index (χ4v) is 2.99. The van der Waals surface area contributed by atoms with E-state index < -0.39 is 6.61 Å². The van der Waals surface area contributed by atoms with Crippen LogP contribution in [0.25, 0.3) is 0 Å². The maximum absolute atomic E-state index is 12.5. The smallest absolute Gasteiger partial charge is 0.387 e. The summed E-state index contributed by atoms with van der Waals surface area (Å²) in [5, 5.41) is 3.52. The lowest BCUT2D eigenvalue weighted by Crippen LogP contribution is -2.20. The highest BCUT2D eigenvalue weighted by Crippen LogP contribution is 2.27. The molecule has 2 aromatic carbocycles. The van der Waals surface area contributed by atoms with Crippen molar-refractivity contribution in [3.05, 3.63) is 58.7 Å². The average Bonchev–Trinajstić information content (AvgIpc) is 2.59. The lowest BCUT2D eigenvalue weighted by molar-refractivity contribution is -0.0507. The lowest BCUT2D eigenvalue weighted by Gasteiger charge is -2.19. The van der Waals surface area contributed by atoms with Gasteiger partial charge in [-0.05, 0) is 54.7 Å². The number of aryl methyl sites for hydroxylation is 2. The second-order valence-corrected chi connectivity index (χ2v) is 6.05. The summed E-state index contributed by atoms with van der Waals surface area (Å²) in [6.45, 7) is 3.55. The van der Waals surface area contributed by atoms with Crippen LogP contribution in [-0.2, 0) is 6.54 Å². The van der Waals surface area contributed by atoms with Crippen molar-refractivity contribution >= 4 is 0 Å². The molecule has 25 heavy (non-hydrogen) atoms. The Kier molecular flexibility index (Phi) is 6.76. The van der Waals surface area contributed by atoms with E-state index in [4.69, 9.17) is 4.74 Å². The number of ether oxygens (including phenoxy) is 2. The van der Waals surface area contributed by atoms with Crippen LogP contribution in [0.1, 0.15) is 41.6 Å². The fourth-order valence-electron chi connectivity index (χ4n) is 2.99. The number of hydrogen-bond donors (Lipinski definition) is 1. The molecule has 0 bridgehead atoms. The van der Waals surface area contributed by atoms with Crippen LogP contribution in [0.15, 0.2) is 36.4 Å². The van der Waals surface area contributed by atoms with Crippen LogP contribution in [0.5, 0.6) is 11.5 Å². The molecule has 0 radical (unpaired) electrons. The first-order valence-electron chi connectivity index (χ1n) is 8.36. The molecule has 0 aliphatic carbocycles. The molecule has 0 saturated heterocycles. The first-order valence-corrected chi connectivity index (χ1v) is 8.36. The summed E-state index contributed by atoms with van der Waals surface area (Å²) in [5.41, 5.74) is 3.67. The van der Waals surface area contributed by atoms with E-state index in [0.29, 0.717) is 6.54 Å². The van der Waals surface area contributed by atoms with E-state index in [9.17, 15) is 8.78 Å². The Morgan fingerprint density at radius 2 is 1.64 bits per heavy atom. The summed E-state index contributed by atoms with van der Waals surface area (Å²) in [5.74, 6) is 1.10. The lowest BCUT2D eigenvalue weighted by atomic mass is 10.0. The normalized spacial score (nSPS) is 12.3. The Labute approximate surface area is 148 Å². The van der Waals surface area contributed by atoms with Crippen LogP contribution >= 0.6 is 0 Å². The topological polar surface area (TPSA) is 30.5 Å². The molecule has 0 aromatic heterocycles. The number of halogens is 2. The van der Waals surface area contributed by atoms with Crippen molar-refractivity contribution in [2.24, 2.45) is 0 Å². The number of alkyl halides is 2. The van der Waals surface area contributed by atoms with Gasteiger partial charge in [0, 0.05) is 12.6 Å². The molecule has 1 atom stereocenters. The Hall–Kier alpha value is -2.14. The van der Waals surface area contributed by atoms with Crippen LogP contribution in [-0.4, -0.2) is 13.7 Å². The minimum atomic E-state index is -2.80. The fraction of sp³-hybridized carbons (Fsp3) is 0.400. The van der Waals surface area contributed by atoms with E-state index in [0.717, 1.165) is 28.9 Å². The second kappa shape index (κ2) is 8.81. The SMILES string of the molecule is CC[C@H](NCc1cc(C)c(OC(F)F)c(C)c1)c1ccc(OC)cc1. The van der Waals surface area contributed by atoms with E-state index in [1.165, 1.54) is 5.56 Å². The molecule has 0 saturated carbocycles. The van der Waals surface area contributed by atoms with Gasteiger partial charge < -0.3 is 14.8 Å². The maximum Gasteiger partial charge on any atom is 0.387 e. The van der Waals surface area contributed by atoms with Gasteiger partial charge in [0.15, 0.2) is 0 Å². The van der Waals surface area contributed by atoms with Gasteiger partial charge in [0.25, 0.3) is 0 Å². The third kappa shape index (κ3) is 5.16. The summed E-state index contributed by atoms with van der Waals surface area (Å²) < 4.78 is 34.8. The molecule has 1 N–H and O–H groups in total. The number of hydrogen-bond acceptors (Lipinski definition) is 3. The van der Waals surface area contributed by atoms with Gasteiger partial charge in [-0.15, -0.1) is 0 Å². The molecule has 0 aliphatic heterocycles. The largest absolute Gasteiger partial charge is 0.497 e. The zero-order chi connectivity index (χ0) is 18.4. The predicted octanol–water partition coefficient (Wildman–Crippen LogP) is 5.15. The van der Waals surface area contributed by atoms with Gasteiger partial charge in [0.1, 0.15) is 11.5 Å². The molecule has 0 heterocycles.